The zero-order valence-electron chi connectivity index (χ0n) is 15.0. The summed E-state index contributed by atoms with van der Waals surface area (Å²) < 4.78 is 11.5. The van der Waals surface area contributed by atoms with E-state index in [1.54, 1.807) is 0 Å². The first-order chi connectivity index (χ1) is 13.3. The molecule has 2 aliphatic rings. The van der Waals surface area contributed by atoms with Gasteiger partial charge in [-0.2, -0.15) is 0 Å². The van der Waals surface area contributed by atoms with Gasteiger partial charge in [-0.05, 0) is 30.3 Å². The summed E-state index contributed by atoms with van der Waals surface area (Å²) in [5.74, 6) is 13.1. The number of hydrogen-bond acceptors (Lipinski definition) is 2. The number of allylic oxidation sites excluding steroid dienone is 2. The zero-order chi connectivity index (χ0) is 18.4. The average molecular weight is 352 g/mol. The fourth-order valence-corrected chi connectivity index (χ4v) is 2.81. The SMILES string of the molecule is C(#Cc1ccccc1)C1=CC=CC(C#Cc2ccccc2)(OCC2CO2)C1. The Hall–Kier alpha value is -3.04. The van der Waals surface area contributed by atoms with E-state index in [1.165, 1.54) is 0 Å². The van der Waals surface area contributed by atoms with Gasteiger partial charge in [0, 0.05) is 23.1 Å². The summed E-state index contributed by atoms with van der Waals surface area (Å²) in [5.41, 5.74) is 2.32. The molecule has 0 bridgehead atoms. The van der Waals surface area contributed by atoms with E-state index in [2.05, 4.69) is 23.7 Å². The third-order valence-electron chi connectivity index (χ3n) is 4.38. The van der Waals surface area contributed by atoms with E-state index in [0.717, 1.165) is 23.3 Å². The Balaban J connectivity index is 1.56. The predicted octanol–water partition coefficient (Wildman–Crippen LogP) is 4.13. The molecule has 1 saturated heterocycles. The Bertz CT molecular complexity index is 961. The maximum absolute atomic E-state index is 6.20. The molecular weight excluding hydrogens is 332 g/mol. The van der Waals surface area contributed by atoms with E-state index in [4.69, 9.17) is 9.47 Å². The lowest BCUT2D eigenvalue weighted by atomic mass is 9.89. The maximum Gasteiger partial charge on any atom is 0.152 e. The van der Waals surface area contributed by atoms with E-state index in [-0.39, 0.29) is 6.10 Å². The van der Waals surface area contributed by atoms with Gasteiger partial charge in [0.25, 0.3) is 0 Å². The molecule has 4 rings (SSSR count). The standard InChI is InChI=1S/C25H20O2/c1-3-8-21(9-4-1)13-14-23-12-7-16-25(18-23,27-20-24-19-26-24)17-15-22-10-5-2-6-11-22/h1-12,16,24H,18-20H2. The van der Waals surface area contributed by atoms with Gasteiger partial charge < -0.3 is 9.47 Å². The summed E-state index contributed by atoms with van der Waals surface area (Å²) in [6.07, 6.45) is 6.88. The lowest BCUT2D eigenvalue weighted by molar-refractivity contribution is 0.0253. The quantitative estimate of drug-likeness (QED) is 0.612. The topological polar surface area (TPSA) is 21.8 Å². The van der Waals surface area contributed by atoms with Crippen LogP contribution in [-0.2, 0) is 9.47 Å². The number of epoxide rings is 1. The minimum Gasteiger partial charge on any atom is -0.371 e. The number of ether oxygens (including phenoxy) is 2. The van der Waals surface area contributed by atoms with Crippen molar-refractivity contribution in [1.82, 2.24) is 0 Å². The molecule has 0 spiro atoms. The number of benzene rings is 2. The third-order valence-corrected chi connectivity index (χ3v) is 4.38. The molecule has 0 N–H and O–H groups in total. The van der Waals surface area contributed by atoms with Gasteiger partial charge in [-0.1, -0.05) is 72.2 Å². The highest BCUT2D eigenvalue weighted by Gasteiger charge is 2.33. The summed E-state index contributed by atoms with van der Waals surface area (Å²) in [6.45, 7) is 1.32. The molecule has 1 aliphatic heterocycles. The van der Waals surface area contributed by atoms with Gasteiger partial charge in [0.15, 0.2) is 5.60 Å². The molecule has 132 valence electrons. The van der Waals surface area contributed by atoms with Crippen molar-refractivity contribution in [2.24, 2.45) is 0 Å². The molecule has 0 saturated carbocycles. The molecule has 0 aromatic heterocycles. The second kappa shape index (κ2) is 8.11. The Labute approximate surface area is 160 Å². The minimum absolute atomic E-state index is 0.193. The summed E-state index contributed by atoms with van der Waals surface area (Å²) in [6, 6.07) is 20.0. The van der Waals surface area contributed by atoms with Crippen LogP contribution < -0.4 is 0 Å². The molecular formula is C25H20O2. The van der Waals surface area contributed by atoms with Crippen molar-refractivity contribution >= 4 is 0 Å². The highest BCUT2D eigenvalue weighted by atomic mass is 16.6. The lowest BCUT2D eigenvalue weighted by Gasteiger charge is -2.27. The molecule has 27 heavy (non-hydrogen) atoms. The van der Waals surface area contributed by atoms with Crippen LogP contribution in [0.5, 0.6) is 0 Å². The molecule has 1 heterocycles. The van der Waals surface area contributed by atoms with Gasteiger partial charge in [-0.25, -0.2) is 0 Å². The largest absolute Gasteiger partial charge is 0.371 e. The average Bonchev–Trinajstić information content (AvgIpc) is 3.56. The highest BCUT2D eigenvalue weighted by Crippen LogP contribution is 2.28. The van der Waals surface area contributed by atoms with Crippen LogP contribution in [0.15, 0.2) is 84.5 Å². The maximum atomic E-state index is 6.20. The van der Waals surface area contributed by atoms with Crippen LogP contribution in [0.25, 0.3) is 0 Å². The van der Waals surface area contributed by atoms with Gasteiger partial charge >= 0.3 is 0 Å². The monoisotopic (exact) mass is 352 g/mol. The molecule has 2 heteroatoms. The predicted molar refractivity (Wildman–Crippen MR) is 107 cm³/mol. The van der Waals surface area contributed by atoms with Crippen LogP contribution in [0, 0.1) is 23.7 Å². The third kappa shape index (κ3) is 4.99. The summed E-state index contributed by atoms with van der Waals surface area (Å²) >= 11 is 0. The van der Waals surface area contributed by atoms with E-state index in [9.17, 15) is 0 Å². The molecule has 2 aromatic carbocycles. The second-order valence-corrected chi connectivity index (χ2v) is 6.62. The second-order valence-electron chi connectivity index (χ2n) is 6.62. The fourth-order valence-electron chi connectivity index (χ4n) is 2.81. The van der Waals surface area contributed by atoms with Gasteiger partial charge in [0.05, 0.1) is 13.2 Å². The van der Waals surface area contributed by atoms with Crippen LogP contribution in [-0.4, -0.2) is 24.9 Å². The molecule has 1 fully saturated rings. The van der Waals surface area contributed by atoms with Crippen molar-refractivity contribution in [1.29, 1.82) is 0 Å². The van der Waals surface area contributed by atoms with Crippen molar-refractivity contribution in [3.05, 3.63) is 95.6 Å². The van der Waals surface area contributed by atoms with Gasteiger partial charge in [0.1, 0.15) is 6.10 Å². The lowest BCUT2D eigenvalue weighted by Crippen LogP contribution is -2.32. The van der Waals surface area contributed by atoms with Gasteiger partial charge in [-0.15, -0.1) is 0 Å². The van der Waals surface area contributed by atoms with E-state index < -0.39 is 5.60 Å². The Morgan fingerprint density at radius 2 is 1.59 bits per heavy atom. The minimum atomic E-state index is -0.669. The fraction of sp³-hybridized carbons (Fsp3) is 0.200. The first kappa shape index (κ1) is 17.4. The Kier molecular flexibility index (Phi) is 5.22. The first-order valence-electron chi connectivity index (χ1n) is 9.11. The van der Waals surface area contributed by atoms with Crippen LogP contribution in [0.2, 0.25) is 0 Å². The molecule has 0 radical (unpaired) electrons. The number of rotatable bonds is 3. The van der Waals surface area contributed by atoms with Gasteiger partial charge in [0.2, 0.25) is 0 Å². The normalized spacial score (nSPS) is 22.7. The summed E-state index contributed by atoms with van der Waals surface area (Å²) in [5, 5.41) is 0. The Morgan fingerprint density at radius 3 is 2.26 bits per heavy atom. The van der Waals surface area contributed by atoms with Crippen LogP contribution in [0.1, 0.15) is 17.5 Å². The summed E-state index contributed by atoms with van der Waals surface area (Å²) in [4.78, 5) is 0. The molecule has 0 amide bonds. The molecule has 2 atom stereocenters. The van der Waals surface area contributed by atoms with Crippen molar-refractivity contribution in [2.45, 2.75) is 18.1 Å². The van der Waals surface area contributed by atoms with Crippen molar-refractivity contribution < 1.29 is 9.47 Å². The van der Waals surface area contributed by atoms with E-state index in [0.29, 0.717) is 13.0 Å². The van der Waals surface area contributed by atoms with Crippen molar-refractivity contribution in [3.8, 4) is 23.7 Å². The van der Waals surface area contributed by atoms with E-state index >= 15 is 0 Å². The van der Waals surface area contributed by atoms with Gasteiger partial charge in [-0.3, -0.25) is 0 Å². The zero-order valence-corrected chi connectivity index (χ0v) is 15.0. The smallest absolute Gasteiger partial charge is 0.152 e. The number of hydrogen-bond donors (Lipinski definition) is 0. The highest BCUT2D eigenvalue weighted by molar-refractivity contribution is 5.48. The van der Waals surface area contributed by atoms with Crippen molar-refractivity contribution in [3.63, 3.8) is 0 Å². The molecule has 2 unspecified atom stereocenters. The Morgan fingerprint density at radius 1 is 0.926 bits per heavy atom. The molecule has 2 nitrogen and oxygen atoms in total. The molecule has 1 aliphatic carbocycles. The van der Waals surface area contributed by atoms with Crippen molar-refractivity contribution in [2.75, 3.05) is 13.2 Å². The van der Waals surface area contributed by atoms with Crippen LogP contribution in [0.4, 0.5) is 0 Å². The van der Waals surface area contributed by atoms with Crippen LogP contribution >= 0.6 is 0 Å². The first-order valence-corrected chi connectivity index (χ1v) is 9.11. The van der Waals surface area contributed by atoms with Crippen LogP contribution in [0.3, 0.4) is 0 Å². The molecule has 2 aromatic rings. The van der Waals surface area contributed by atoms with E-state index in [1.807, 2.05) is 78.9 Å². The summed E-state index contributed by atoms with van der Waals surface area (Å²) in [7, 11) is 0.